The molecule has 0 aliphatic heterocycles. The predicted octanol–water partition coefficient (Wildman–Crippen LogP) is 2.89. The summed E-state index contributed by atoms with van der Waals surface area (Å²) in [6, 6.07) is 4.23. The molecule has 1 aromatic carbocycles. The molecule has 0 aromatic heterocycles. The number of thiol groups is 1. The topological polar surface area (TPSA) is 50.1 Å². The van der Waals surface area contributed by atoms with E-state index in [0.29, 0.717) is 0 Å². The largest absolute Gasteiger partial charge is 0.466 e. The average Bonchev–Trinajstić information content (AvgIpc) is 2.31. The van der Waals surface area contributed by atoms with Gasteiger partial charge in [-0.1, -0.05) is 6.07 Å². The smallest absolute Gasteiger partial charge is 0.310 e. The van der Waals surface area contributed by atoms with Gasteiger partial charge in [-0.25, -0.2) is 8.78 Å². The highest BCUT2D eigenvalue weighted by Gasteiger charge is 2.20. The van der Waals surface area contributed by atoms with Crippen molar-refractivity contribution in [3.8, 4) is 6.07 Å². The lowest BCUT2D eigenvalue weighted by molar-refractivity contribution is -0.142. The molecule has 0 saturated heterocycles. The van der Waals surface area contributed by atoms with Crippen LogP contribution in [0.5, 0.6) is 0 Å². The molecule has 0 unspecified atom stereocenters. The Kier molecular flexibility index (Phi) is 5.10. The van der Waals surface area contributed by atoms with Gasteiger partial charge in [-0.05, 0) is 18.6 Å². The third kappa shape index (κ3) is 3.20. The fourth-order valence-corrected chi connectivity index (χ4v) is 1.82. The van der Waals surface area contributed by atoms with Crippen LogP contribution in [0.2, 0.25) is 0 Å². The van der Waals surface area contributed by atoms with Crippen molar-refractivity contribution in [3.63, 3.8) is 0 Å². The van der Waals surface area contributed by atoms with Gasteiger partial charge in [0.2, 0.25) is 0 Å². The van der Waals surface area contributed by atoms with Gasteiger partial charge in [0.05, 0.1) is 18.6 Å². The third-order valence-corrected chi connectivity index (χ3v) is 2.81. The van der Waals surface area contributed by atoms with Crippen LogP contribution < -0.4 is 0 Å². The maximum Gasteiger partial charge on any atom is 0.310 e. The number of carbonyl (C=O) groups is 1. The van der Waals surface area contributed by atoms with Crippen molar-refractivity contribution >= 4 is 18.6 Å². The van der Waals surface area contributed by atoms with E-state index in [1.54, 1.807) is 6.92 Å². The molecule has 1 rings (SSSR count). The van der Waals surface area contributed by atoms with E-state index in [4.69, 9.17) is 10.00 Å². The molecule has 3 nitrogen and oxygen atoms in total. The summed E-state index contributed by atoms with van der Waals surface area (Å²) in [7, 11) is 0. The lowest BCUT2D eigenvalue weighted by atomic mass is 10.0. The Morgan fingerprint density at radius 2 is 2.22 bits per heavy atom. The molecule has 0 spiro atoms. The summed E-state index contributed by atoms with van der Waals surface area (Å²) in [5.41, 5.74) is -0.0973. The van der Waals surface area contributed by atoms with Crippen LogP contribution in [0.1, 0.15) is 30.0 Å². The fraction of sp³-hybridized carbons (Fsp3) is 0.333. The highest BCUT2D eigenvalue weighted by atomic mass is 32.1. The van der Waals surface area contributed by atoms with Crippen molar-refractivity contribution in [3.05, 3.63) is 28.8 Å². The molecule has 0 heterocycles. The van der Waals surface area contributed by atoms with E-state index in [0.717, 1.165) is 6.07 Å². The second-order valence-electron chi connectivity index (χ2n) is 3.42. The van der Waals surface area contributed by atoms with Crippen molar-refractivity contribution in [2.45, 2.75) is 24.7 Å². The molecular weight excluding hydrogens is 260 g/mol. The molecule has 96 valence electrons. The third-order valence-electron chi connectivity index (χ3n) is 2.30. The minimum absolute atomic E-state index is 0.0471. The Labute approximate surface area is 109 Å². The predicted molar refractivity (Wildman–Crippen MR) is 63.7 cm³/mol. The molecule has 0 aliphatic rings. The minimum atomic E-state index is -2.73. The maximum absolute atomic E-state index is 12.8. The molecule has 0 radical (unpaired) electrons. The van der Waals surface area contributed by atoms with E-state index in [2.05, 4.69) is 12.6 Å². The normalized spacial score (nSPS) is 10.2. The number of carbonyl (C=O) groups excluding carboxylic acids is 1. The zero-order chi connectivity index (χ0) is 13.7. The fourth-order valence-electron chi connectivity index (χ4n) is 1.49. The second kappa shape index (κ2) is 6.36. The summed E-state index contributed by atoms with van der Waals surface area (Å²) in [6.07, 6.45) is -3.05. The van der Waals surface area contributed by atoms with E-state index in [1.165, 1.54) is 6.07 Å². The van der Waals surface area contributed by atoms with Gasteiger partial charge in [-0.2, -0.15) is 5.26 Å². The molecule has 0 aliphatic carbocycles. The van der Waals surface area contributed by atoms with Crippen LogP contribution in [0.25, 0.3) is 0 Å². The van der Waals surface area contributed by atoms with Crippen molar-refractivity contribution in [2.75, 3.05) is 6.61 Å². The average molecular weight is 271 g/mol. The number of alkyl halides is 2. The Morgan fingerprint density at radius 3 is 2.72 bits per heavy atom. The standard InChI is InChI=1S/C12H11F2NO2S/c1-2-17-10(16)5-9-8(12(13)14)4-3-7(6-15)11(9)18/h3-4,12,18H,2,5H2,1H3. The van der Waals surface area contributed by atoms with Crippen LogP contribution in [0.3, 0.4) is 0 Å². The van der Waals surface area contributed by atoms with Crippen LogP contribution in [0, 0.1) is 11.3 Å². The zero-order valence-corrected chi connectivity index (χ0v) is 10.5. The van der Waals surface area contributed by atoms with Crippen LogP contribution in [0.4, 0.5) is 8.78 Å². The SMILES string of the molecule is CCOC(=O)Cc1c(C(F)F)ccc(C#N)c1S. The zero-order valence-electron chi connectivity index (χ0n) is 9.61. The lowest BCUT2D eigenvalue weighted by Crippen LogP contribution is -2.11. The molecule has 18 heavy (non-hydrogen) atoms. The quantitative estimate of drug-likeness (QED) is 0.676. The number of rotatable bonds is 4. The second-order valence-corrected chi connectivity index (χ2v) is 3.87. The van der Waals surface area contributed by atoms with Gasteiger partial charge in [0.1, 0.15) is 6.07 Å². The monoisotopic (exact) mass is 271 g/mol. The number of benzene rings is 1. The van der Waals surface area contributed by atoms with Gasteiger partial charge in [-0.3, -0.25) is 4.79 Å². The summed E-state index contributed by atoms with van der Waals surface area (Å²) in [5, 5.41) is 8.81. The minimum Gasteiger partial charge on any atom is -0.466 e. The summed E-state index contributed by atoms with van der Waals surface area (Å²) < 4.78 is 30.3. The first-order valence-corrected chi connectivity index (χ1v) is 5.64. The van der Waals surface area contributed by atoms with Gasteiger partial charge in [0, 0.05) is 10.5 Å². The Hall–Kier alpha value is -1.61. The summed E-state index contributed by atoms with van der Waals surface area (Å²) in [5.74, 6) is -0.621. The Balaban J connectivity index is 3.20. The van der Waals surface area contributed by atoms with Crippen molar-refractivity contribution in [2.24, 2.45) is 0 Å². The molecule has 0 amide bonds. The van der Waals surface area contributed by atoms with Crippen LogP contribution in [0.15, 0.2) is 17.0 Å². The van der Waals surface area contributed by atoms with E-state index < -0.39 is 12.4 Å². The van der Waals surface area contributed by atoms with Gasteiger partial charge >= 0.3 is 5.97 Å². The van der Waals surface area contributed by atoms with Crippen molar-refractivity contribution < 1.29 is 18.3 Å². The molecular formula is C12H11F2NO2S. The Morgan fingerprint density at radius 1 is 1.56 bits per heavy atom. The first kappa shape index (κ1) is 14.5. The number of nitriles is 1. The van der Waals surface area contributed by atoms with Crippen LogP contribution >= 0.6 is 12.6 Å². The van der Waals surface area contributed by atoms with Crippen molar-refractivity contribution in [1.29, 1.82) is 5.26 Å². The highest BCUT2D eigenvalue weighted by Crippen LogP contribution is 2.30. The number of ether oxygens (including phenoxy) is 1. The number of hydrogen-bond acceptors (Lipinski definition) is 4. The first-order chi connectivity index (χ1) is 8.51. The van der Waals surface area contributed by atoms with Gasteiger partial charge in [0.25, 0.3) is 6.43 Å². The molecule has 0 bridgehead atoms. The molecule has 1 aromatic rings. The molecule has 0 saturated carbocycles. The van der Waals surface area contributed by atoms with Gasteiger partial charge < -0.3 is 4.74 Å². The number of halogens is 2. The molecule has 0 atom stereocenters. The first-order valence-electron chi connectivity index (χ1n) is 5.19. The Bertz CT molecular complexity index is 498. The number of esters is 1. The lowest BCUT2D eigenvalue weighted by Gasteiger charge is -2.12. The van der Waals surface area contributed by atoms with Gasteiger partial charge in [-0.15, -0.1) is 12.6 Å². The van der Waals surface area contributed by atoms with Crippen LogP contribution in [-0.2, 0) is 16.0 Å². The van der Waals surface area contributed by atoms with Gasteiger partial charge in [0.15, 0.2) is 0 Å². The summed E-state index contributed by atoms with van der Waals surface area (Å²) >= 11 is 4.03. The van der Waals surface area contributed by atoms with Crippen molar-refractivity contribution in [1.82, 2.24) is 0 Å². The van der Waals surface area contributed by atoms with E-state index in [-0.39, 0.29) is 34.6 Å². The molecule has 0 N–H and O–H groups in total. The maximum atomic E-state index is 12.8. The molecule has 6 heteroatoms. The van der Waals surface area contributed by atoms with E-state index in [9.17, 15) is 13.6 Å². The van der Waals surface area contributed by atoms with Crippen LogP contribution in [-0.4, -0.2) is 12.6 Å². The number of hydrogen-bond donors (Lipinski definition) is 1. The van der Waals surface area contributed by atoms with E-state index in [1.807, 2.05) is 6.07 Å². The summed E-state index contributed by atoms with van der Waals surface area (Å²) in [4.78, 5) is 11.5. The molecule has 0 fully saturated rings. The summed E-state index contributed by atoms with van der Waals surface area (Å²) in [6.45, 7) is 1.79. The van der Waals surface area contributed by atoms with E-state index >= 15 is 0 Å². The highest BCUT2D eigenvalue weighted by molar-refractivity contribution is 7.80. The number of nitrogens with zero attached hydrogens (tertiary/aromatic N) is 1.